The van der Waals surface area contributed by atoms with Crippen LogP contribution < -0.4 is 15.8 Å². The van der Waals surface area contributed by atoms with Crippen LogP contribution in [-0.4, -0.2) is 42.0 Å². The smallest absolute Gasteiger partial charge is 0.252 e. The highest BCUT2D eigenvalue weighted by molar-refractivity contribution is 5.97. The Bertz CT molecular complexity index is 1160. The molecule has 3 N–H and O–H groups in total. The van der Waals surface area contributed by atoms with Gasteiger partial charge in [-0.05, 0) is 81.2 Å². The molecular weight excluding hydrogens is 388 g/mol. The average Bonchev–Trinajstić information content (AvgIpc) is 3.53. The Labute approximate surface area is 182 Å². The molecule has 0 radical (unpaired) electrons. The molecule has 1 atom stereocenters. The van der Waals surface area contributed by atoms with E-state index in [1.54, 1.807) is 6.20 Å². The molecule has 6 heteroatoms. The lowest BCUT2D eigenvalue weighted by atomic mass is 9.97. The lowest BCUT2D eigenvalue weighted by molar-refractivity contribution is 0.0767. The summed E-state index contributed by atoms with van der Waals surface area (Å²) in [4.78, 5) is 20.0. The van der Waals surface area contributed by atoms with Gasteiger partial charge in [-0.15, -0.1) is 0 Å². The first-order chi connectivity index (χ1) is 14.9. The van der Waals surface area contributed by atoms with Crippen molar-refractivity contribution in [3.8, 4) is 5.75 Å². The normalized spacial score (nSPS) is 19.6. The molecule has 2 fully saturated rings. The Morgan fingerprint density at radius 3 is 2.84 bits per heavy atom. The molecule has 31 heavy (non-hydrogen) atoms. The Morgan fingerprint density at radius 2 is 2.13 bits per heavy atom. The topological polar surface area (TPSA) is 80.5 Å². The highest BCUT2D eigenvalue weighted by Crippen LogP contribution is 2.48. The number of carbonyl (C=O) groups is 1. The van der Waals surface area contributed by atoms with Crippen LogP contribution in [0.25, 0.3) is 10.9 Å². The second-order valence-electron chi connectivity index (χ2n) is 8.89. The standard InChI is InChI=1S/C25H28N4O2/c1-16-5-6-19(31-15-18-7-11-29(18)2)14-21(16)24(30)28-25(8-9-25)22-12-17(26)13-23-20(22)4-3-10-27-23/h3-6,10,12-14,18H,7-9,11,15,26H2,1-2H3,(H,28,30). The predicted octanol–water partition coefficient (Wildman–Crippen LogP) is 3.63. The SMILES string of the molecule is Cc1ccc(OCC2CCN2C)cc1C(=O)NC1(c2cc(N)cc3ncccc23)CC1. The molecule has 1 aliphatic carbocycles. The van der Waals surface area contributed by atoms with E-state index in [-0.39, 0.29) is 5.91 Å². The van der Waals surface area contributed by atoms with E-state index in [0.717, 1.165) is 53.6 Å². The van der Waals surface area contributed by atoms with Crippen LogP contribution in [-0.2, 0) is 5.54 Å². The van der Waals surface area contributed by atoms with Crippen molar-refractivity contribution >= 4 is 22.5 Å². The van der Waals surface area contributed by atoms with Crippen molar-refractivity contribution in [2.45, 2.75) is 37.8 Å². The van der Waals surface area contributed by atoms with Gasteiger partial charge in [0.2, 0.25) is 0 Å². The van der Waals surface area contributed by atoms with E-state index in [9.17, 15) is 4.79 Å². The quantitative estimate of drug-likeness (QED) is 0.600. The number of likely N-dealkylation sites (N-methyl/N-ethyl adjacent to an activating group) is 1. The van der Waals surface area contributed by atoms with Gasteiger partial charge in [0.15, 0.2) is 0 Å². The maximum absolute atomic E-state index is 13.3. The fourth-order valence-electron chi connectivity index (χ4n) is 4.38. The second kappa shape index (κ2) is 7.54. The van der Waals surface area contributed by atoms with Crippen molar-refractivity contribution in [1.82, 2.24) is 15.2 Å². The van der Waals surface area contributed by atoms with Crippen molar-refractivity contribution in [2.24, 2.45) is 0 Å². The number of anilines is 1. The van der Waals surface area contributed by atoms with Crippen molar-refractivity contribution in [1.29, 1.82) is 0 Å². The third-order valence-corrected chi connectivity index (χ3v) is 6.70. The van der Waals surface area contributed by atoms with Crippen molar-refractivity contribution in [3.63, 3.8) is 0 Å². The molecule has 2 aromatic carbocycles. The van der Waals surface area contributed by atoms with Crippen LogP contribution in [0.15, 0.2) is 48.7 Å². The van der Waals surface area contributed by atoms with E-state index in [1.165, 1.54) is 0 Å². The summed E-state index contributed by atoms with van der Waals surface area (Å²) in [6.45, 7) is 3.72. The minimum atomic E-state index is -0.397. The number of nitrogens with zero attached hydrogens (tertiary/aromatic N) is 2. The van der Waals surface area contributed by atoms with Crippen molar-refractivity contribution < 1.29 is 9.53 Å². The molecule has 1 aromatic heterocycles. The molecule has 3 aromatic rings. The number of likely N-dealkylation sites (tertiary alicyclic amines) is 1. The van der Waals surface area contributed by atoms with Gasteiger partial charge >= 0.3 is 0 Å². The minimum Gasteiger partial charge on any atom is -0.492 e. The summed E-state index contributed by atoms with van der Waals surface area (Å²) < 4.78 is 5.98. The highest BCUT2D eigenvalue weighted by atomic mass is 16.5. The molecule has 1 saturated heterocycles. The summed E-state index contributed by atoms with van der Waals surface area (Å²) >= 11 is 0. The van der Waals surface area contributed by atoms with E-state index >= 15 is 0 Å². The number of aromatic nitrogens is 1. The van der Waals surface area contributed by atoms with E-state index in [1.807, 2.05) is 49.4 Å². The number of nitrogens with two attached hydrogens (primary N) is 1. The Balaban J connectivity index is 1.38. The molecule has 2 aliphatic rings. The molecule has 6 nitrogen and oxygen atoms in total. The number of hydrogen-bond acceptors (Lipinski definition) is 5. The van der Waals surface area contributed by atoms with Crippen molar-refractivity contribution in [2.75, 3.05) is 25.9 Å². The number of aryl methyl sites for hydroxylation is 1. The molecule has 2 heterocycles. The van der Waals surface area contributed by atoms with Gasteiger partial charge in [-0.3, -0.25) is 14.7 Å². The lowest BCUT2D eigenvalue weighted by Crippen LogP contribution is -2.48. The Kier molecular flexibility index (Phi) is 4.82. The number of carbonyl (C=O) groups excluding carboxylic acids is 1. The first-order valence-electron chi connectivity index (χ1n) is 10.9. The predicted molar refractivity (Wildman–Crippen MR) is 122 cm³/mol. The number of ether oxygens (including phenoxy) is 1. The van der Waals surface area contributed by atoms with Gasteiger partial charge < -0.3 is 15.8 Å². The lowest BCUT2D eigenvalue weighted by Gasteiger charge is -2.37. The molecule has 1 aliphatic heterocycles. The number of fused-ring (bicyclic) bond motifs is 1. The highest BCUT2D eigenvalue weighted by Gasteiger charge is 2.47. The average molecular weight is 417 g/mol. The molecule has 0 bridgehead atoms. The van der Waals surface area contributed by atoms with E-state index in [4.69, 9.17) is 10.5 Å². The number of pyridine rings is 1. The third-order valence-electron chi connectivity index (χ3n) is 6.70. The zero-order valence-electron chi connectivity index (χ0n) is 18.0. The number of hydrogen-bond donors (Lipinski definition) is 2. The van der Waals surface area contributed by atoms with Gasteiger partial charge in [-0.2, -0.15) is 0 Å². The van der Waals surface area contributed by atoms with Crippen LogP contribution in [0.1, 0.15) is 40.7 Å². The van der Waals surface area contributed by atoms with Gasteiger partial charge in [0.05, 0.1) is 11.1 Å². The van der Waals surface area contributed by atoms with Crippen LogP contribution in [0.4, 0.5) is 5.69 Å². The largest absolute Gasteiger partial charge is 0.492 e. The summed E-state index contributed by atoms with van der Waals surface area (Å²) in [7, 11) is 2.11. The number of amides is 1. The van der Waals surface area contributed by atoms with Crippen LogP contribution in [0.3, 0.4) is 0 Å². The molecule has 0 spiro atoms. The summed E-state index contributed by atoms with van der Waals surface area (Å²) in [5, 5.41) is 4.33. The first-order valence-corrected chi connectivity index (χ1v) is 10.9. The summed E-state index contributed by atoms with van der Waals surface area (Å²) in [6, 6.07) is 14.0. The third kappa shape index (κ3) is 3.72. The molecule has 1 unspecified atom stereocenters. The fraction of sp³-hybridized carbons (Fsp3) is 0.360. The Hall–Kier alpha value is -3.12. The van der Waals surface area contributed by atoms with Gasteiger partial charge in [0, 0.05) is 28.9 Å². The van der Waals surface area contributed by atoms with Crippen LogP contribution in [0.2, 0.25) is 0 Å². The zero-order valence-corrected chi connectivity index (χ0v) is 18.0. The number of rotatable bonds is 6. The van der Waals surface area contributed by atoms with E-state index in [2.05, 4.69) is 22.2 Å². The summed E-state index contributed by atoms with van der Waals surface area (Å²) in [6.07, 6.45) is 4.69. The summed E-state index contributed by atoms with van der Waals surface area (Å²) in [5.74, 6) is 0.653. The first kappa shape index (κ1) is 19.8. The molecule has 5 rings (SSSR count). The van der Waals surface area contributed by atoms with Crippen LogP contribution in [0, 0.1) is 6.92 Å². The van der Waals surface area contributed by atoms with Gasteiger partial charge in [0.1, 0.15) is 12.4 Å². The second-order valence-corrected chi connectivity index (χ2v) is 8.89. The number of benzene rings is 2. The molecule has 1 saturated carbocycles. The van der Waals surface area contributed by atoms with Crippen LogP contribution in [0.5, 0.6) is 5.75 Å². The van der Waals surface area contributed by atoms with E-state index < -0.39 is 5.54 Å². The fourth-order valence-corrected chi connectivity index (χ4v) is 4.38. The summed E-state index contributed by atoms with van der Waals surface area (Å²) in [5.41, 5.74) is 9.89. The maximum atomic E-state index is 13.3. The van der Waals surface area contributed by atoms with Gasteiger partial charge in [0.25, 0.3) is 5.91 Å². The zero-order chi connectivity index (χ0) is 21.6. The van der Waals surface area contributed by atoms with E-state index in [0.29, 0.717) is 23.9 Å². The molecule has 160 valence electrons. The van der Waals surface area contributed by atoms with Crippen LogP contribution >= 0.6 is 0 Å². The maximum Gasteiger partial charge on any atom is 0.252 e. The monoisotopic (exact) mass is 416 g/mol. The number of nitrogen functional groups attached to an aromatic ring is 1. The Morgan fingerprint density at radius 1 is 1.29 bits per heavy atom. The van der Waals surface area contributed by atoms with Gasteiger partial charge in [-0.25, -0.2) is 0 Å². The van der Waals surface area contributed by atoms with Gasteiger partial charge in [-0.1, -0.05) is 12.1 Å². The molecular formula is C25H28N4O2. The molecule has 1 amide bonds. The van der Waals surface area contributed by atoms with Crippen molar-refractivity contribution in [3.05, 3.63) is 65.4 Å². The minimum absolute atomic E-state index is 0.0827. The number of nitrogens with one attached hydrogen (secondary N) is 1.